The second kappa shape index (κ2) is 7.02. The molecule has 0 radical (unpaired) electrons. The molecule has 2 unspecified atom stereocenters. The van der Waals surface area contributed by atoms with Crippen LogP contribution in [0.15, 0.2) is 41.5 Å². The fourth-order valence-corrected chi connectivity index (χ4v) is 3.18. The Morgan fingerprint density at radius 1 is 1.21 bits per heavy atom. The van der Waals surface area contributed by atoms with E-state index < -0.39 is 29.7 Å². The molecule has 1 amide bonds. The Morgan fingerprint density at radius 2 is 1.86 bits per heavy atom. The SMILES string of the molecule is Cc1cc(C2(c3ccnc(C(F)(F)F)c3)N=C(N)N(C)C2=O)ccc1OC(C)F. The van der Waals surface area contributed by atoms with E-state index in [4.69, 9.17) is 10.5 Å². The summed E-state index contributed by atoms with van der Waals surface area (Å²) in [4.78, 5) is 21.8. The van der Waals surface area contributed by atoms with Crippen molar-refractivity contribution in [1.82, 2.24) is 9.88 Å². The van der Waals surface area contributed by atoms with Crippen molar-refractivity contribution in [2.45, 2.75) is 31.9 Å². The lowest BCUT2D eigenvalue weighted by atomic mass is 9.82. The van der Waals surface area contributed by atoms with Gasteiger partial charge in [-0.3, -0.25) is 14.7 Å². The molecule has 6 nitrogen and oxygen atoms in total. The molecule has 1 aromatic carbocycles. The number of rotatable bonds is 4. The summed E-state index contributed by atoms with van der Waals surface area (Å²) in [6.45, 7) is 2.84. The zero-order valence-corrected chi connectivity index (χ0v) is 15.8. The van der Waals surface area contributed by atoms with Crippen LogP contribution in [-0.2, 0) is 16.5 Å². The number of aryl methyl sites for hydroxylation is 1. The Bertz CT molecular complexity index is 990. The van der Waals surface area contributed by atoms with Crippen LogP contribution in [0.3, 0.4) is 0 Å². The fraction of sp³-hybridized carbons (Fsp3) is 0.316. The largest absolute Gasteiger partial charge is 0.460 e. The number of pyridine rings is 1. The quantitative estimate of drug-likeness (QED) is 0.786. The first kappa shape index (κ1) is 20.6. The lowest BCUT2D eigenvalue weighted by Crippen LogP contribution is -2.41. The molecule has 2 aromatic rings. The molecular formula is C19H18F4N4O2. The van der Waals surface area contributed by atoms with Gasteiger partial charge in [0.2, 0.25) is 6.36 Å². The highest BCUT2D eigenvalue weighted by Gasteiger charge is 2.50. The van der Waals surface area contributed by atoms with Gasteiger partial charge in [0.25, 0.3) is 5.91 Å². The Balaban J connectivity index is 2.23. The monoisotopic (exact) mass is 410 g/mol. The summed E-state index contributed by atoms with van der Waals surface area (Å²) >= 11 is 0. The van der Waals surface area contributed by atoms with Crippen LogP contribution < -0.4 is 10.5 Å². The van der Waals surface area contributed by atoms with Crippen molar-refractivity contribution < 1.29 is 27.1 Å². The van der Waals surface area contributed by atoms with Crippen molar-refractivity contribution in [1.29, 1.82) is 0 Å². The first-order chi connectivity index (χ1) is 13.5. The number of carbonyl (C=O) groups excluding carboxylic acids is 1. The van der Waals surface area contributed by atoms with Gasteiger partial charge in [-0.15, -0.1) is 0 Å². The number of hydrogen-bond donors (Lipinski definition) is 1. The number of benzene rings is 1. The van der Waals surface area contributed by atoms with Crippen molar-refractivity contribution in [2.24, 2.45) is 10.7 Å². The topological polar surface area (TPSA) is 80.8 Å². The Kier molecular flexibility index (Phi) is 4.97. The maximum atomic E-state index is 13.2. The molecule has 0 aliphatic carbocycles. The molecule has 2 heterocycles. The van der Waals surface area contributed by atoms with Gasteiger partial charge < -0.3 is 10.5 Å². The highest BCUT2D eigenvalue weighted by Crippen LogP contribution is 2.42. The zero-order valence-electron chi connectivity index (χ0n) is 15.8. The van der Waals surface area contributed by atoms with Crippen molar-refractivity contribution in [3.63, 3.8) is 0 Å². The summed E-state index contributed by atoms with van der Waals surface area (Å²) < 4.78 is 57.8. The first-order valence-corrected chi connectivity index (χ1v) is 8.56. The van der Waals surface area contributed by atoms with Crippen LogP contribution in [0.2, 0.25) is 0 Å². The Morgan fingerprint density at radius 3 is 2.38 bits per heavy atom. The van der Waals surface area contributed by atoms with Gasteiger partial charge in [0.15, 0.2) is 11.5 Å². The standard InChI is InChI=1S/C19H18F4N4O2/c1-10-8-12(4-5-14(10)29-11(2)20)18(16(28)27(3)17(24)26-18)13-6-7-25-15(9-13)19(21,22)23/h4-9,11H,1-3H3,(H2,24,26). The predicted molar refractivity (Wildman–Crippen MR) is 96.8 cm³/mol. The number of aliphatic imine (C=N–C) groups is 1. The third kappa shape index (κ3) is 3.50. The number of guanidine groups is 1. The van der Waals surface area contributed by atoms with Crippen LogP contribution >= 0.6 is 0 Å². The fourth-order valence-electron chi connectivity index (χ4n) is 3.18. The molecule has 0 bridgehead atoms. The maximum absolute atomic E-state index is 13.2. The number of carbonyl (C=O) groups is 1. The van der Waals surface area contributed by atoms with Gasteiger partial charge in [-0.25, -0.2) is 9.38 Å². The zero-order chi connectivity index (χ0) is 21.6. The molecule has 1 aliphatic rings. The summed E-state index contributed by atoms with van der Waals surface area (Å²) in [6, 6.07) is 6.46. The second-order valence-electron chi connectivity index (χ2n) is 6.61. The van der Waals surface area contributed by atoms with E-state index in [0.717, 1.165) is 17.2 Å². The summed E-state index contributed by atoms with van der Waals surface area (Å²) in [6.07, 6.45) is -5.30. The summed E-state index contributed by atoms with van der Waals surface area (Å²) in [5.74, 6) is -0.530. The van der Waals surface area contributed by atoms with Crippen molar-refractivity contribution in [2.75, 3.05) is 7.05 Å². The van der Waals surface area contributed by atoms with Crippen LogP contribution in [0.5, 0.6) is 5.75 Å². The first-order valence-electron chi connectivity index (χ1n) is 8.56. The number of amides is 1. The molecular weight excluding hydrogens is 392 g/mol. The number of likely N-dealkylation sites (N-methyl/N-ethyl adjacent to an activating group) is 1. The number of halogens is 4. The second-order valence-corrected chi connectivity index (χ2v) is 6.61. The van der Waals surface area contributed by atoms with Gasteiger partial charge in [-0.2, -0.15) is 13.2 Å². The molecule has 2 atom stereocenters. The van der Waals surface area contributed by atoms with E-state index in [-0.39, 0.29) is 22.8 Å². The molecule has 0 fully saturated rings. The molecule has 1 aliphatic heterocycles. The summed E-state index contributed by atoms with van der Waals surface area (Å²) in [7, 11) is 1.38. The molecule has 10 heteroatoms. The summed E-state index contributed by atoms with van der Waals surface area (Å²) in [5.41, 5.74) is 3.54. The van der Waals surface area contributed by atoms with Gasteiger partial charge in [0, 0.05) is 20.2 Å². The van der Waals surface area contributed by atoms with E-state index in [1.54, 1.807) is 6.92 Å². The Labute approximate surface area is 164 Å². The van der Waals surface area contributed by atoms with Crippen LogP contribution in [-0.4, -0.2) is 35.2 Å². The third-order valence-corrected chi connectivity index (χ3v) is 4.59. The number of aromatic nitrogens is 1. The normalized spacial score (nSPS) is 20.6. The third-order valence-electron chi connectivity index (χ3n) is 4.59. The number of nitrogens with zero attached hydrogens (tertiary/aromatic N) is 3. The van der Waals surface area contributed by atoms with Crippen molar-refractivity contribution in [3.05, 3.63) is 58.9 Å². The molecule has 1 aromatic heterocycles. The number of nitrogens with two attached hydrogens (primary N) is 1. The highest BCUT2D eigenvalue weighted by atomic mass is 19.4. The minimum Gasteiger partial charge on any atom is -0.460 e. The van der Waals surface area contributed by atoms with Crippen molar-refractivity contribution >= 4 is 11.9 Å². The number of hydrogen-bond acceptors (Lipinski definition) is 5. The average Bonchev–Trinajstić information content (AvgIpc) is 2.87. The van der Waals surface area contributed by atoms with Gasteiger partial charge in [0.1, 0.15) is 11.4 Å². The van der Waals surface area contributed by atoms with Gasteiger partial charge in [-0.05, 0) is 47.9 Å². The summed E-state index contributed by atoms with van der Waals surface area (Å²) in [5, 5.41) is 0. The van der Waals surface area contributed by atoms with Crippen LogP contribution in [0.1, 0.15) is 29.3 Å². The van der Waals surface area contributed by atoms with Crippen LogP contribution in [0, 0.1) is 6.92 Å². The molecule has 29 heavy (non-hydrogen) atoms. The van der Waals surface area contributed by atoms with E-state index >= 15 is 0 Å². The predicted octanol–water partition coefficient (Wildman–Crippen LogP) is 3.13. The van der Waals surface area contributed by atoms with E-state index in [2.05, 4.69) is 9.98 Å². The van der Waals surface area contributed by atoms with E-state index in [1.807, 2.05) is 0 Å². The molecule has 154 valence electrons. The smallest absolute Gasteiger partial charge is 0.433 e. The Hall–Kier alpha value is -3.17. The lowest BCUT2D eigenvalue weighted by Gasteiger charge is -2.27. The van der Waals surface area contributed by atoms with Crippen LogP contribution in [0.4, 0.5) is 17.6 Å². The number of ether oxygens (including phenoxy) is 1. The molecule has 0 saturated carbocycles. The van der Waals surface area contributed by atoms with Gasteiger partial charge in [-0.1, -0.05) is 6.07 Å². The highest BCUT2D eigenvalue weighted by molar-refractivity contribution is 6.08. The van der Waals surface area contributed by atoms with Crippen LogP contribution in [0.25, 0.3) is 0 Å². The minimum absolute atomic E-state index is 0.0379. The van der Waals surface area contributed by atoms with Gasteiger partial charge >= 0.3 is 6.18 Å². The van der Waals surface area contributed by atoms with Gasteiger partial charge in [0.05, 0.1) is 0 Å². The molecule has 3 rings (SSSR count). The molecule has 2 N–H and O–H groups in total. The maximum Gasteiger partial charge on any atom is 0.433 e. The minimum atomic E-state index is -4.70. The average molecular weight is 410 g/mol. The van der Waals surface area contributed by atoms with Crippen molar-refractivity contribution in [3.8, 4) is 5.75 Å². The van der Waals surface area contributed by atoms with E-state index in [9.17, 15) is 22.4 Å². The molecule has 0 spiro atoms. The lowest BCUT2D eigenvalue weighted by molar-refractivity contribution is -0.141. The number of alkyl halides is 4. The molecule has 0 saturated heterocycles. The van der Waals surface area contributed by atoms with E-state index in [1.165, 1.54) is 38.2 Å². The van der Waals surface area contributed by atoms with E-state index in [0.29, 0.717) is 5.56 Å².